The first-order chi connectivity index (χ1) is 10.1. The van der Waals surface area contributed by atoms with Crippen LogP contribution in [0.2, 0.25) is 0 Å². The molecule has 108 valence electrons. The van der Waals surface area contributed by atoms with Crippen LogP contribution in [0.1, 0.15) is 27.9 Å². The summed E-state index contributed by atoms with van der Waals surface area (Å²) < 4.78 is 14.5. The van der Waals surface area contributed by atoms with Gasteiger partial charge in [-0.2, -0.15) is 0 Å². The van der Waals surface area contributed by atoms with E-state index in [-0.39, 0.29) is 11.3 Å². The second-order valence-electron chi connectivity index (χ2n) is 5.28. The van der Waals surface area contributed by atoms with Crippen molar-refractivity contribution in [2.24, 2.45) is 0 Å². The summed E-state index contributed by atoms with van der Waals surface area (Å²) in [5.74, 6) is -0.783. The van der Waals surface area contributed by atoms with Crippen LogP contribution < -0.4 is 0 Å². The topological polar surface area (TPSA) is 20.3 Å². The summed E-state index contributed by atoms with van der Waals surface area (Å²) in [4.78, 5) is 14.7. The number of halogens is 2. The van der Waals surface area contributed by atoms with Gasteiger partial charge >= 0.3 is 0 Å². The average molecular weight is 348 g/mol. The number of benzene rings is 2. The van der Waals surface area contributed by atoms with Gasteiger partial charge in [-0.15, -0.1) is 0 Å². The van der Waals surface area contributed by atoms with E-state index in [1.54, 1.807) is 18.2 Å². The van der Waals surface area contributed by atoms with Gasteiger partial charge in [0.25, 0.3) is 0 Å². The molecule has 2 aromatic carbocycles. The molecule has 0 aromatic heterocycles. The number of hydrogen-bond donors (Lipinski definition) is 0. The number of hydrogen-bond acceptors (Lipinski definition) is 2. The van der Waals surface area contributed by atoms with Gasteiger partial charge < -0.3 is 0 Å². The molecule has 2 nitrogen and oxygen atoms in total. The molecule has 1 aliphatic rings. The molecule has 0 bridgehead atoms. The minimum Gasteiger partial charge on any atom is -0.299 e. The van der Waals surface area contributed by atoms with Crippen molar-refractivity contribution < 1.29 is 9.18 Å². The van der Waals surface area contributed by atoms with Crippen molar-refractivity contribution in [2.75, 3.05) is 13.1 Å². The molecule has 2 aromatic rings. The zero-order valence-electron chi connectivity index (χ0n) is 11.5. The maximum absolute atomic E-state index is 13.8. The van der Waals surface area contributed by atoms with Gasteiger partial charge in [0.1, 0.15) is 5.82 Å². The van der Waals surface area contributed by atoms with Crippen molar-refractivity contribution in [3.8, 4) is 0 Å². The number of ketones is 1. The van der Waals surface area contributed by atoms with Gasteiger partial charge in [-0.05, 0) is 43.3 Å². The van der Waals surface area contributed by atoms with Gasteiger partial charge in [-0.1, -0.05) is 40.2 Å². The van der Waals surface area contributed by atoms with E-state index in [1.165, 1.54) is 24.1 Å². The highest BCUT2D eigenvalue weighted by molar-refractivity contribution is 9.10. The lowest BCUT2D eigenvalue weighted by Crippen LogP contribution is -2.36. The first kappa shape index (κ1) is 14.4. The standard InChI is InChI=1S/C17H15BrFNO/c18-14-6-7-15(16(19)10-14)17(21)13-4-2-12(3-5-13)11-20-8-1-9-20/h2-7,10H,1,8-9,11H2. The van der Waals surface area contributed by atoms with E-state index in [9.17, 15) is 9.18 Å². The number of carbonyl (C=O) groups is 1. The highest BCUT2D eigenvalue weighted by atomic mass is 79.9. The Morgan fingerprint density at radius 1 is 1.14 bits per heavy atom. The molecule has 1 heterocycles. The van der Waals surface area contributed by atoms with Crippen molar-refractivity contribution in [1.82, 2.24) is 4.90 Å². The summed E-state index contributed by atoms with van der Waals surface area (Å²) in [6.07, 6.45) is 1.26. The van der Waals surface area contributed by atoms with Crippen molar-refractivity contribution in [3.63, 3.8) is 0 Å². The summed E-state index contributed by atoms with van der Waals surface area (Å²) in [6.45, 7) is 3.21. The van der Waals surface area contributed by atoms with Crippen LogP contribution in [0.5, 0.6) is 0 Å². The summed E-state index contributed by atoms with van der Waals surface area (Å²) in [7, 11) is 0. The third-order valence-corrected chi connectivity index (χ3v) is 4.24. The molecule has 1 saturated heterocycles. The Morgan fingerprint density at radius 2 is 1.86 bits per heavy atom. The maximum Gasteiger partial charge on any atom is 0.195 e. The molecule has 0 unspecified atom stereocenters. The average Bonchev–Trinajstić information content (AvgIpc) is 2.43. The van der Waals surface area contributed by atoms with Gasteiger partial charge in [0.05, 0.1) is 5.56 Å². The lowest BCUT2D eigenvalue weighted by atomic mass is 10.0. The molecule has 1 aliphatic heterocycles. The highest BCUT2D eigenvalue weighted by Crippen LogP contribution is 2.19. The van der Waals surface area contributed by atoms with Gasteiger partial charge in [0.2, 0.25) is 0 Å². The second-order valence-corrected chi connectivity index (χ2v) is 6.20. The minimum absolute atomic E-state index is 0.105. The van der Waals surface area contributed by atoms with Crippen molar-refractivity contribution in [3.05, 3.63) is 69.4 Å². The molecule has 0 saturated carbocycles. The van der Waals surface area contributed by atoms with Crippen molar-refractivity contribution in [2.45, 2.75) is 13.0 Å². The predicted octanol–water partition coefficient (Wildman–Crippen LogP) is 4.02. The third kappa shape index (κ3) is 3.22. The number of nitrogens with zero attached hydrogens (tertiary/aromatic N) is 1. The predicted molar refractivity (Wildman–Crippen MR) is 83.9 cm³/mol. The normalized spacial score (nSPS) is 14.8. The number of rotatable bonds is 4. The minimum atomic E-state index is -0.501. The first-order valence-electron chi connectivity index (χ1n) is 6.94. The molecular weight excluding hydrogens is 333 g/mol. The van der Waals surface area contributed by atoms with Gasteiger partial charge in [-0.3, -0.25) is 9.69 Å². The molecular formula is C17H15BrFNO. The zero-order chi connectivity index (χ0) is 14.8. The summed E-state index contributed by atoms with van der Waals surface area (Å²) in [5, 5.41) is 0. The molecule has 0 radical (unpaired) electrons. The van der Waals surface area contributed by atoms with E-state index in [1.807, 2.05) is 12.1 Å². The highest BCUT2D eigenvalue weighted by Gasteiger charge is 2.16. The van der Waals surface area contributed by atoms with E-state index >= 15 is 0 Å². The fraction of sp³-hybridized carbons (Fsp3) is 0.235. The van der Waals surface area contributed by atoms with Gasteiger partial charge in [-0.25, -0.2) is 4.39 Å². The van der Waals surface area contributed by atoms with Gasteiger partial charge in [0.15, 0.2) is 5.78 Å². The largest absolute Gasteiger partial charge is 0.299 e. The Kier molecular flexibility index (Phi) is 4.17. The summed E-state index contributed by atoms with van der Waals surface area (Å²) in [6, 6.07) is 11.9. The summed E-state index contributed by atoms with van der Waals surface area (Å²) in [5.41, 5.74) is 1.81. The quantitative estimate of drug-likeness (QED) is 0.778. The molecule has 4 heteroatoms. The van der Waals surface area contributed by atoms with Crippen LogP contribution in [0.25, 0.3) is 0 Å². The summed E-state index contributed by atoms with van der Waals surface area (Å²) >= 11 is 3.19. The van der Waals surface area contributed by atoms with Gasteiger partial charge in [0, 0.05) is 16.6 Å². The van der Waals surface area contributed by atoms with E-state index in [0.29, 0.717) is 10.0 Å². The van der Waals surface area contributed by atoms with Crippen LogP contribution in [0.4, 0.5) is 4.39 Å². The Balaban J connectivity index is 1.77. The number of likely N-dealkylation sites (tertiary alicyclic amines) is 1. The molecule has 0 spiro atoms. The fourth-order valence-electron chi connectivity index (χ4n) is 2.39. The third-order valence-electron chi connectivity index (χ3n) is 3.75. The SMILES string of the molecule is O=C(c1ccc(CN2CCC2)cc1)c1ccc(Br)cc1F. The molecule has 1 fully saturated rings. The Bertz CT molecular complexity index is 665. The van der Waals surface area contributed by atoms with Crippen LogP contribution in [0, 0.1) is 5.82 Å². The van der Waals surface area contributed by atoms with Crippen molar-refractivity contribution in [1.29, 1.82) is 0 Å². The second kappa shape index (κ2) is 6.08. The van der Waals surface area contributed by atoms with E-state index < -0.39 is 5.82 Å². The van der Waals surface area contributed by atoms with Crippen LogP contribution in [0.15, 0.2) is 46.9 Å². The lowest BCUT2D eigenvalue weighted by Gasteiger charge is -2.30. The molecule has 0 amide bonds. The number of carbonyl (C=O) groups excluding carboxylic acids is 1. The first-order valence-corrected chi connectivity index (χ1v) is 7.74. The molecule has 0 aliphatic carbocycles. The van der Waals surface area contributed by atoms with Crippen LogP contribution >= 0.6 is 15.9 Å². The van der Waals surface area contributed by atoms with E-state index in [4.69, 9.17) is 0 Å². The molecule has 3 rings (SSSR count). The maximum atomic E-state index is 13.8. The van der Waals surface area contributed by atoms with Crippen LogP contribution in [-0.4, -0.2) is 23.8 Å². The van der Waals surface area contributed by atoms with Crippen LogP contribution in [-0.2, 0) is 6.54 Å². The molecule has 0 atom stereocenters. The zero-order valence-corrected chi connectivity index (χ0v) is 13.1. The molecule has 0 N–H and O–H groups in total. The Morgan fingerprint density at radius 3 is 2.43 bits per heavy atom. The monoisotopic (exact) mass is 347 g/mol. The van der Waals surface area contributed by atoms with Crippen LogP contribution in [0.3, 0.4) is 0 Å². The molecule has 21 heavy (non-hydrogen) atoms. The Labute approximate surface area is 131 Å². The van der Waals surface area contributed by atoms with E-state index in [2.05, 4.69) is 20.8 Å². The van der Waals surface area contributed by atoms with E-state index in [0.717, 1.165) is 19.6 Å². The smallest absolute Gasteiger partial charge is 0.195 e. The lowest BCUT2D eigenvalue weighted by molar-refractivity contribution is 0.103. The van der Waals surface area contributed by atoms with Crippen molar-refractivity contribution >= 4 is 21.7 Å². The Hall–Kier alpha value is -1.52. The fourth-order valence-corrected chi connectivity index (χ4v) is 2.72.